The Morgan fingerprint density at radius 2 is 0.927 bits per heavy atom. The van der Waals surface area contributed by atoms with Gasteiger partial charge in [-0.3, -0.25) is 9.98 Å². The van der Waals surface area contributed by atoms with Crippen LogP contribution in [0, 0.1) is 6.92 Å². The normalized spacial score (nSPS) is 11.9. The van der Waals surface area contributed by atoms with Gasteiger partial charge in [-0.05, 0) is 121 Å². The minimum absolute atomic E-state index is 0.832. The van der Waals surface area contributed by atoms with Crippen molar-refractivity contribution in [2.75, 3.05) is 0 Å². The molecule has 0 amide bonds. The van der Waals surface area contributed by atoms with Crippen molar-refractivity contribution in [3.63, 3.8) is 0 Å². The number of aliphatic imine (C=N–C) groups is 2. The van der Waals surface area contributed by atoms with E-state index >= 15 is 0 Å². The van der Waals surface area contributed by atoms with Crippen LogP contribution < -0.4 is 0 Å². The molecule has 2 nitrogen and oxygen atoms in total. The van der Waals surface area contributed by atoms with Gasteiger partial charge in [0.05, 0.1) is 17.1 Å². The van der Waals surface area contributed by atoms with Crippen molar-refractivity contribution in [1.82, 2.24) is 0 Å². The van der Waals surface area contributed by atoms with Crippen LogP contribution in [0.25, 0.3) is 22.3 Å². The SMILES string of the molecule is CCCCCCCCc1cc(N=CC(CC)=Nc2cc(CCCCCCCC)c(CCCCCCCC)c(-c3ccccc3)c2)cc(-c2ccccc2)c1C. The molecule has 2 heteroatoms. The third-order valence-electron chi connectivity index (χ3n) is 11.4. The predicted molar refractivity (Wildman–Crippen MR) is 245 cm³/mol. The van der Waals surface area contributed by atoms with Crippen LogP contribution in [0.3, 0.4) is 0 Å². The standard InChI is InChI=1S/C53H74N2/c1-6-10-13-16-19-24-35-46-38-49(40-52(43(46)5)44-31-26-22-27-32-44)54-42-48(9-4)55-50-39-47(36-25-20-17-14-11-7-2)51(37-30-21-18-15-12-8-3)53(41-50)45-33-28-23-29-34-45/h22-23,26-29,31-34,38-42H,6-21,24-25,30,35-37H2,1-5H3. The number of aryl methyl sites for hydroxylation is 2. The highest BCUT2D eigenvalue weighted by atomic mass is 14.8. The Bertz CT molecular complexity index is 1700. The lowest BCUT2D eigenvalue weighted by Crippen LogP contribution is -2.01. The molecule has 0 saturated carbocycles. The summed E-state index contributed by atoms with van der Waals surface area (Å²) in [6.07, 6.45) is 29.9. The lowest BCUT2D eigenvalue weighted by atomic mass is 9.88. The summed E-state index contributed by atoms with van der Waals surface area (Å²) in [6.45, 7) is 11.4. The molecular weight excluding hydrogens is 665 g/mol. The molecule has 0 saturated heterocycles. The fourth-order valence-corrected chi connectivity index (χ4v) is 7.97. The number of unbranched alkanes of at least 4 members (excludes halogenated alkanes) is 15. The van der Waals surface area contributed by atoms with Gasteiger partial charge in [0.15, 0.2) is 0 Å². The Labute approximate surface area is 337 Å². The van der Waals surface area contributed by atoms with Gasteiger partial charge in [0, 0.05) is 6.21 Å². The van der Waals surface area contributed by atoms with E-state index in [-0.39, 0.29) is 0 Å². The largest absolute Gasteiger partial charge is 0.255 e. The summed E-state index contributed by atoms with van der Waals surface area (Å²) >= 11 is 0. The first-order chi connectivity index (χ1) is 27.1. The van der Waals surface area contributed by atoms with E-state index < -0.39 is 0 Å². The lowest BCUT2D eigenvalue weighted by molar-refractivity contribution is 0.599. The molecular formula is C53H74N2. The van der Waals surface area contributed by atoms with Crippen molar-refractivity contribution >= 4 is 23.3 Å². The molecule has 0 atom stereocenters. The molecule has 0 N–H and O–H groups in total. The van der Waals surface area contributed by atoms with Crippen LogP contribution in [0.15, 0.2) is 94.9 Å². The Hall–Kier alpha value is -3.78. The molecule has 0 unspecified atom stereocenters. The summed E-state index contributed by atoms with van der Waals surface area (Å²) in [6, 6.07) is 31.3. The highest BCUT2D eigenvalue weighted by molar-refractivity contribution is 6.31. The highest BCUT2D eigenvalue weighted by Gasteiger charge is 2.14. The maximum absolute atomic E-state index is 5.35. The summed E-state index contributed by atoms with van der Waals surface area (Å²) in [4.78, 5) is 10.5. The van der Waals surface area contributed by atoms with Crippen LogP contribution in [0.1, 0.15) is 172 Å². The molecule has 0 aliphatic rings. The van der Waals surface area contributed by atoms with E-state index in [1.807, 2.05) is 6.21 Å². The Kier molecular flexibility index (Phi) is 20.9. The van der Waals surface area contributed by atoms with Gasteiger partial charge in [-0.1, -0.05) is 185 Å². The minimum Gasteiger partial charge on any atom is -0.255 e. The second kappa shape index (κ2) is 26.1. The zero-order valence-corrected chi connectivity index (χ0v) is 35.6. The summed E-state index contributed by atoms with van der Waals surface area (Å²) in [7, 11) is 0. The van der Waals surface area contributed by atoms with E-state index in [9.17, 15) is 0 Å². The van der Waals surface area contributed by atoms with Gasteiger partial charge in [-0.25, -0.2) is 0 Å². The van der Waals surface area contributed by atoms with Gasteiger partial charge in [0.25, 0.3) is 0 Å². The number of hydrogen-bond donors (Lipinski definition) is 0. The fourth-order valence-electron chi connectivity index (χ4n) is 7.97. The molecule has 55 heavy (non-hydrogen) atoms. The molecule has 0 heterocycles. The summed E-state index contributed by atoms with van der Waals surface area (Å²) in [5, 5.41) is 0. The van der Waals surface area contributed by atoms with Crippen LogP contribution in [-0.2, 0) is 19.3 Å². The first-order valence-electron chi connectivity index (χ1n) is 22.6. The van der Waals surface area contributed by atoms with Crippen LogP contribution in [-0.4, -0.2) is 11.9 Å². The fraction of sp³-hybridized carbons (Fsp3) is 0.509. The van der Waals surface area contributed by atoms with Crippen molar-refractivity contribution in [1.29, 1.82) is 0 Å². The van der Waals surface area contributed by atoms with E-state index in [2.05, 4.69) is 120 Å². The van der Waals surface area contributed by atoms with E-state index in [1.165, 1.54) is 155 Å². The van der Waals surface area contributed by atoms with E-state index in [0.717, 1.165) is 42.8 Å². The Morgan fingerprint density at radius 3 is 1.47 bits per heavy atom. The Morgan fingerprint density at radius 1 is 0.473 bits per heavy atom. The van der Waals surface area contributed by atoms with Crippen molar-refractivity contribution in [3.05, 3.63) is 107 Å². The topological polar surface area (TPSA) is 24.7 Å². The van der Waals surface area contributed by atoms with Crippen LogP contribution in [0.5, 0.6) is 0 Å². The van der Waals surface area contributed by atoms with Crippen molar-refractivity contribution in [2.45, 2.75) is 176 Å². The number of hydrogen-bond acceptors (Lipinski definition) is 2. The zero-order valence-electron chi connectivity index (χ0n) is 35.6. The lowest BCUT2D eigenvalue weighted by Gasteiger charge is -2.18. The number of benzene rings is 4. The van der Waals surface area contributed by atoms with Gasteiger partial charge < -0.3 is 0 Å². The molecule has 296 valence electrons. The second-order valence-corrected chi connectivity index (χ2v) is 15.9. The molecule has 0 radical (unpaired) electrons. The van der Waals surface area contributed by atoms with Crippen molar-refractivity contribution in [3.8, 4) is 22.3 Å². The minimum atomic E-state index is 0.832. The number of nitrogens with zero attached hydrogens (tertiary/aromatic N) is 2. The van der Waals surface area contributed by atoms with Crippen molar-refractivity contribution in [2.24, 2.45) is 9.98 Å². The average molecular weight is 739 g/mol. The molecule has 0 fully saturated rings. The van der Waals surface area contributed by atoms with Gasteiger partial charge >= 0.3 is 0 Å². The highest BCUT2D eigenvalue weighted by Crippen LogP contribution is 2.35. The zero-order chi connectivity index (χ0) is 38.9. The van der Waals surface area contributed by atoms with Gasteiger partial charge in [-0.2, -0.15) is 0 Å². The summed E-state index contributed by atoms with van der Waals surface area (Å²) < 4.78 is 0. The molecule has 0 aromatic heterocycles. The van der Waals surface area contributed by atoms with E-state index in [0.29, 0.717) is 0 Å². The first kappa shape index (κ1) is 43.9. The monoisotopic (exact) mass is 739 g/mol. The third kappa shape index (κ3) is 15.3. The van der Waals surface area contributed by atoms with E-state index in [1.54, 1.807) is 5.56 Å². The van der Waals surface area contributed by atoms with Crippen molar-refractivity contribution < 1.29 is 0 Å². The molecule has 4 aromatic carbocycles. The maximum Gasteiger partial charge on any atom is 0.0642 e. The third-order valence-corrected chi connectivity index (χ3v) is 11.4. The second-order valence-electron chi connectivity index (χ2n) is 15.9. The van der Waals surface area contributed by atoms with Crippen LogP contribution in [0.4, 0.5) is 11.4 Å². The average Bonchev–Trinajstić information content (AvgIpc) is 3.22. The molecule has 0 aliphatic heterocycles. The smallest absolute Gasteiger partial charge is 0.0642 e. The van der Waals surface area contributed by atoms with Gasteiger partial charge in [0.1, 0.15) is 0 Å². The first-order valence-corrected chi connectivity index (χ1v) is 22.6. The summed E-state index contributed by atoms with van der Waals surface area (Å²) in [5.41, 5.74) is 14.2. The quantitative estimate of drug-likeness (QED) is 0.0430. The molecule has 4 rings (SSSR count). The van der Waals surface area contributed by atoms with Crippen LogP contribution >= 0.6 is 0 Å². The molecule has 0 bridgehead atoms. The predicted octanol–water partition coefficient (Wildman–Crippen LogP) is 16.9. The molecule has 0 spiro atoms. The van der Waals surface area contributed by atoms with Gasteiger partial charge in [-0.15, -0.1) is 0 Å². The number of rotatable bonds is 27. The maximum atomic E-state index is 5.35. The Balaban J connectivity index is 1.67. The van der Waals surface area contributed by atoms with E-state index in [4.69, 9.17) is 9.98 Å². The summed E-state index contributed by atoms with van der Waals surface area (Å²) in [5.74, 6) is 0. The molecule has 0 aliphatic carbocycles. The molecule has 4 aromatic rings. The van der Waals surface area contributed by atoms with Crippen LogP contribution in [0.2, 0.25) is 0 Å². The van der Waals surface area contributed by atoms with Gasteiger partial charge in [0.2, 0.25) is 0 Å².